The van der Waals surface area contributed by atoms with Crippen molar-refractivity contribution in [2.75, 3.05) is 4.90 Å². The van der Waals surface area contributed by atoms with E-state index in [4.69, 9.17) is 13.9 Å². The second-order valence-electron chi connectivity index (χ2n) is 18.8. The quantitative estimate of drug-likeness (QED) is 0.180. The summed E-state index contributed by atoms with van der Waals surface area (Å²) in [6.07, 6.45) is 0. The molecular weight excluding hydrogens is 883 g/mol. The van der Waals surface area contributed by atoms with Gasteiger partial charge in [-0.3, -0.25) is 0 Å². The van der Waals surface area contributed by atoms with Crippen LogP contribution in [-0.2, 0) is 5.41 Å². The number of furan rings is 1. The largest absolute Gasteiger partial charge is 0.507 e. The first-order valence-corrected chi connectivity index (χ1v) is 24.4. The normalized spacial score (nSPS) is 13.1. The van der Waals surface area contributed by atoms with Gasteiger partial charge in [0.1, 0.15) is 11.3 Å². The van der Waals surface area contributed by atoms with Gasteiger partial charge in [-0.25, -0.2) is 0 Å². The zero-order valence-corrected chi connectivity index (χ0v) is 38.7. The number of para-hydroxylation sites is 3. The molecular formula is C67H41NO4. The molecule has 5 heteroatoms. The van der Waals surface area contributed by atoms with E-state index in [0.29, 0.717) is 17.2 Å². The second-order valence-corrected chi connectivity index (χ2v) is 18.8. The van der Waals surface area contributed by atoms with Crippen LogP contribution in [0.5, 0.6) is 28.7 Å². The van der Waals surface area contributed by atoms with Crippen LogP contribution < -0.4 is 14.4 Å². The van der Waals surface area contributed by atoms with Gasteiger partial charge in [-0.05, 0) is 127 Å². The molecule has 12 aromatic rings. The van der Waals surface area contributed by atoms with Crippen LogP contribution in [0, 0.1) is 0 Å². The van der Waals surface area contributed by atoms with Gasteiger partial charge in [0.05, 0.1) is 11.1 Å². The van der Waals surface area contributed by atoms with Crippen molar-refractivity contribution >= 4 is 39.0 Å². The molecule has 1 aliphatic heterocycles. The Morgan fingerprint density at radius 3 is 1.74 bits per heavy atom. The number of phenolic OH excluding ortho intramolecular Hbond substituents is 1. The van der Waals surface area contributed by atoms with Crippen molar-refractivity contribution < 1.29 is 19.0 Å². The molecule has 11 aromatic carbocycles. The van der Waals surface area contributed by atoms with Crippen LogP contribution in [0.4, 0.5) is 17.1 Å². The third-order valence-corrected chi connectivity index (χ3v) is 15.1. The third-order valence-electron chi connectivity index (χ3n) is 15.1. The topological polar surface area (TPSA) is 55.1 Å². The molecule has 15 rings (SSSR count). The predicted octanol–water partition coefficient (Wildman–Crippen LogP) is 18.0. The summed E-state index contributed by atoms with van der Waals surface area (Å²) in [5.74, 6) is 3.01. The lowest BCUT2D eigenvalue weighted by Crippen LogP contribution is -2.25. The van der Waals surface area contributed by atoms with Crippen molar-refractivity contribution in [2.24, 2.45) is 0 Å². The number of rotatable bonds is 6. The van der Waals surface area contributed by atoms with Gasteiger partial charge in [0.2, 0.25) is 0 Å². The lowest BCUT2D eigenvalue weighted by Gasteiger charge is -2.31. The molecule has 5 nitrogen and oxygen atoms in total. The van der Waals surface area contributed by atoms with Gasteiger partial charge in [0, 0.05) is 33.3 Å². The molecule has 1 N–H and O–H groups in total. The molecule has 1 spiro atoms. The van der Waals surface area contributed by atoms with Crippen LogP contribution in [0.2, 0.25) is 0 Å². The molecule has 1 aromatic heterocycles. The van der Waals surface area contributed by atoms with E-state index in [-0.39, 0.29) is 5.75 Å². The fraction of sp³-hybridized carbons (Fsp3) is 0.0149. The maximum absolute atomic E-state index is 10.9. The zero-order valence-electron chi connectivity index (χ0n) is 38.7. The van der Waals surface area contributed by atoms with Gasteiger partial charge < -0.3 is 23.9 Å². The molecule has 0 saturated heterocycles. The van der Waals surface area contributed by atoms with E-state index in [1.807, 2.05) is 48.5 Å². The number of hydrogen-bond acceptors (Lipinski definition) is 5. The standard InChI is InChI=1S/C67H41NO4/c69-59-29-11-6-21-50(59)47-18-2-1-17-46(47)41-31-34-44(35-32-41)68(58-28-14-24-52-51-22-7-12-30-60(51)71-65(52)58)45-16-13-15-42(39-45)43-33-37-61-63(40-43)70-62-38-36-57-64(66(62)72-61)53-23-5-10-27-56(53)67(57)54-25-8-3-19-48(54)49-20-4-9-26-55(49)67/h1-40,69H. The van der Waals surface area contributed by atoms with Crippen molar-refractivity contribution in [1.82, 2.24) is 0 Å². The Hall–Kier alpha value is -9.58. The number of hydrogen-bond donors (Lipinski definition) is 1. The molecule has 0 bridgehead atoms. The maximum Gasteiger partial charge on any atom is 0.178 e. The zero-order chi connectivity index (χ0) is 47.5. The number of benzene rings is 11. The van der Waals surface area contributed by atoms with Crippen molar-refractivity contribution in [3.63, 3.8) is 0 Å². The Bertz CT molecular complexity index is 4160. The Labute approximate surface area is 415 Å². The SMILES string of the molecule is Oc1ccccc1-c1ccccc1-c1ccc(N(c2cccc(-c3ccc4c(c3)Oc3ccc5c(c3O4)-c3ccccc3C53c4ccccc4-c4ccccc43)c2)c2cccc3c2oc2ccccc23)cc1. The number of anilines is 3. The summed E-state index contributed by atoms with van der Waals surface area (Å²) in [5, 5.41) is 13.0. The van der Waals surface area contributed by atoms with Crippen LogP contribution in [0.15, 0.2) is 247 Å². The lowest BCUT2D eigenvalue weighted by atomic mass is 9.70. The molecule has 0 saturated carbocycles. The lowest BCUT2D eigenvalue weighted by molar-refractivity contribution is 0.360. The van der Waals surface area contributed by atoms with Gasteiger partial charge >= 0.3 is 0 Å². The molecule has 0 fully saturated rings. The van der Waals surface area contributed by atoms with Gasteiger partial charge in [0.25, 0.3) is 0 Å². The second kappa shape index (κ2) is 15.5. The summed E-state index contributed by atoms with van der Waals surface area (Å²) >= 11 is 0. The number of fused-ring (bicyclic) bond motifs is 16. The van der Waals surface area contributed by atoms with Crippen molar-refractivity contribution in [3.8, 4) is 84.4 Å². The van der Waals surface area contributed by atoms with Crippen LogP contribution in [0.3, 0.4) is 0 Å². The Morgan fingerprint density at radius 2 is 0.958 bits per heavy atom. The molecule has 0 amide bonds. The fourth-order valence-electron chi connectivity index (χ4n) is 12.0. The minimum absolute atomic E-state index is 0.249. The highest BCUT2D eigenvalue weighted by Crippen LogP contribution is 2.66. The van der Waals surface area contributed by atoms with E-state index < -0.39 is 5.41 Å². The smallest absolute Gasteiger partial charge is 0.178 e. The van der Waals surface area contributed by atoms with Crippen molar-refractivity contribution in [3.05, 3.63) is 265 Å². The molecule has 72 heavy (non-hydrogen) atoms. The highest BCUT2D eigenvalue weighted by molar-refractivity contribution is 6.10. The summed E-state index contributed by atoms with van der Waals surface area (Å²) in [6.45, 7) is 0. The Balaban J connectivity index is 0.822. The maximum atomic E-state index is 10.9. The molecule has 338 valence electrons. The van der Waals surface area contributed by atoms with E-state index in [1.54, 1.807) is 6.07 Å². The highest BCUT2D eigenvalue weighted by Gasteiger charge is 2.53. The first kappa shape index (κ1) is 40.3. The minimum Gasteiger partial charge on any atom is -0.507 e. The summed E-state index contributed by atoms with van der Waals surface area (Å²) in [4.78, 5) is 2.27. The van der Waals surface area contributed by atoms with Gasteiger partial charge in [-0.2, -0.15) is 0 Å². The molecule has 2 aliphatic carbocycles. The van der Waals surface area contributed by atoms with Gasteiger partial charge in [-0.1, -0.05) is 182 Å². The molecule has 0 unspecified atom stereocenters. The highest BCUT2D eigenvalue weighted by atomic mass is 16.6. The first-order chi connectivity index (χ1) is 35.6. The number of ether oxygens (including phenoxy) is 2. The van der Waals surface area contributed by atoms with E-state index >= 15 is 0 Å². The van der Waals surface area contributed by atoms with Crippen LogP contribution in [-0.4, -0.2) is 5.11 Å². The van der Waals surface area contributed by atoms with Crippen LogP contribution >= 0.6 is 0 Å². The van der Waals surface area contributed by atoms with Crippen LogP contribution in [0.1, 0.15) is 22.3 Å². The summed E-state index contributed by atoms with van der Waals surface area (Å²) < 4.78 is 20.6. The summed E-state index contributed by atoms with van der Waals surface area (Å²) in [5.41, 5.74) is 19.6. The summed E-state index contributed by atoms with van der Waals surface area (Å²) in [6, 6.07) is 84.6. The van der Waals surface area contributed by atoms with Gasteiger partial charge in [-0.15, -0.1) is 0 Å². The Kier molecular flexibility index (Phi) is 8.66. The third kappa shape index (κ3) is 5.76. The molecule has 3 aliphatic rings. The monoisotopic (exact) mass is 923 g/mol. The predicted molar refractivity (Wildman–Crippen MR) is 289 cm³/mol. The number of phenols is 1. The molecule has 0 atom stereocenters. The van der Waals surface area contributed by atoms with Crippen molar-refractivity contribution in [1.29, 1.82) is 0 Å². The number of nitrogens with zero attached hydrogens (tertiary/aromatic N) is 1. The van der Waals surface area contributed by atoms with E-state index in [2.05, 4.69) is 193 Å². The summed E-state index contributed by atoms with van der Waals surface area (Å²) in [7, 11) is 0. The van der Waals surface area contributed by atoms with E-state index in [0.717, 1.165) is 89.3 Å². The van der Waals surface area contributed by atoms with Crippen molar-refractivity contribution in [2.45, 2.75) is 5.41 Å². The van der Waals surface area contributed by atoms with Gasteiger partial charge in [0.15, 0.2) is 28.6 Å². The number of aromatic hydroxyl groups is 1. The molecule has 2 heterocycles. The minimum atomic E-state index is -0.475. The van der Waals surface area contributed by atoms with Crippen LogP contribution in [0.25, 0.3) is 77.6 Å². The first-order valence-electron chi connectivity index (χ1n) is 24.4. The average molecular weight is 924 g/mol. The fourth-order valence-corrected chi connectivity index (χ4v) is 12.0. The van der Waals surface area contributed by atoms with E-state index in [9.17, 15) is 5.11 Å². The molecule has 0 radical (unpaired) electrons. The Morgan fingerprint density at radius 1 is 0.361 bits per heavy atom. The van der Waals surface area contributed by atoms with E-state index in [1.165, 1.54) is 33.4 Å². The average Bonchev–Trinajstić information content (AvgIpc) is 4.09.